The van der Waals surface area contributed by atoms with E-state index in [0.717, 1.165) is 25.7 Å². The van der Waals surface area contributed by atoms with Crippen molar-refractivity contribution in [2.24, 2.45) is 0 Å². The van der Waals surface area contributed by atoms with Crippen LogP contribution in [0.3, 0.4) is 0 Å². The van der Waals surface area contributed by atoms with Gasteiger partial charge in [0.1, 0.15) is 0 Å². The fourth-order valence-electron chi connectivity index (χ4n) is 2.05. The number of nitrogens with zero attached hydrogens (tertiary/aromatic N) is 1. The van der Waals surface area contributed by atoms with E-state index in [-0.39, 0.29) is 28.7 Å². The Bertz CT molecular complexity index is 586. The number of carbonyl (C=O) groups excluding carboxylic acids is 2. The first-order chi connectivity index (χ1) is 11.5. The minimum Gasteiger partial charge on any atom is -0.493 e. The van der Waals surface area contributed by atoms with Gasteiger partial charge in [-0.2, -0.15) is 0 Å². The molecule has 0 aromatic heterocycles. The van der Waals surface area contributed by atoms with Gasteiger partial charge in [-0.3, -0.25) is 19.7 Å². The van der Waals surface area contributed by atoms with Crippen LogP contribution in [0.25, 0.3) is 0 Å². The average molecular weight is 339 g/mol. The number of unbranched alkanes of at least 4 members (excludes halogenated alkanes) is 3. The molecule has 0 saturated carbocycles. The van der Waals surface area contributed by atoms with Crippen LogP contribution in [-0.4, -0.2) is 37.5 Å². The molecule has 0 spiro atoms. The van der Waals surface area contributed by atoms with Gasteiger partial charge in [0.25, 0.3) is 5.69 Å². The smallest absolute Gasteiger partial charge is 0.302 e. The summed E-state index contributed by atoms with van der Waals surface area (Å²) in [6.07, 6.45) is 3.69. The fourth-order valence-corrected chi connectivity index (χ4v) is 2.05. The molecule has 8 heteroatoms. The van der Waals surface area contributed by atoms with E-state index in [2.05, 4.69) is 0 Å². The van der Waals surface area contributed by atoms with Crippen LogP contribution in [0.2, 0.25) is 0 Å². The predicted molar refractivity (Wildman–Crippen MR) is 85.6 cm³/mol. The number of esters is 1. The van der Waals surface area contributed by atoms with E-state index in [4.69, 9.17) is 14.2 Å². The number of hydrogen-bond acceptors (Lipinski definition) is 7. The van der Waals surface area contributed by atoms with Gasteiger partial charge in [-0.05, 0) is 25.7 Å². The van der Waals surface area contributed by atoms with E-state index in [1.54, 1.807) is 0 Å². The molecule has 24 heavy (non-hydrogen) atoms. The van der Waals surface area contributed by atoms with Crippen LogP contribution in [0, 0.1) is 10.1 Å². The zero-order valence-electron chi connectivity index (χ0n) is 13.8. The highest BCUT2D eigenvalue weighted by atomic mass is 16.6. The molecule has 0 heterocycles. The maximum absolute atomic E-state index is 11.0. The van der Waals surface area contributed by atoms with E-state index in [9.17, 15) is 19.7 Å². The van der Waals surface area contributed by atoms with Crippen molar-refractivity contribution < 1.29 is 28.7 Å². The first-order valence-corrected chi connectivity index (χ1v) is 7.57. The molecule has 0 amide bonds. The lowest BCUT2D eigenvalue weighted by atomic mass is 10.1. The third-order valence-corrected chi connectivity index (χ3v) is 3.24. The third-order valence-electron chi connectivity index (χ3n) is 3.24. The number of hydrogen-bond donors (Lipinski definition) is 0. The second kappa shape index (κ2) is 10.2. The predicted octanol–water partition coefficient (Wildman–Crippen LogP) is 2.92. The van der Waals surface area contributed by atoms with Crippen LogP contribution in [0.1, 0.15) is 43.0 Å². The lowest BCUT2D eigenvalue weighted by molar-refractivity contribution is -0.385. The number of ether oxygens (including phenoxy) is 3. The Balaban J connectivity index is 2.49. The Kier molecular flexibility index (Phi) is 8.24. The highest BCUT2D eigenvalue weighted by molar-refractivity contribution is 5.83. The maximum atomic E-state index is 11.0. The monoisotopic (exact) mass is 339 g/mol. The van der Waals surface area contributed by atoms with Crippen LogP contribution < -0.4 is 9.47 Å². The van der Waals surface area contributed by atoms with Crippen molar-refractivity contribution >= 4 is 17.9 Å². The zero-order valence-corrected chi connectivity index (χ0v) is 13.8. The van der Waals surface area contributed by atoms with Crippen molar-refractivity contribution in [3.8, 4) is 11.5 Å². The summed E-state index contributed by atoms with van der Waals surface area (Å²) in [5, 5.41) is 11.0. The molecule has 0 bridgehead atoms. The molecule has 1 aromatic carbocycles. The molecule has 0 aliphatic rings. The van der Waals surface area contributed by atoms with Crippen molar-refractivity contribution in [3.63, 3.8) is 0 Å². The molecule has 0 saturated heterocycles. The number of carbonyl (C=O) groups is 2. The topological polar surface area (TPSA) is 105 Å². The summed E-state index contributed by atoms with van der Waals surface area (Å²) in [5.74, 6) is 0.220. The van der Waals surface area contributed by atoms with Crippen molar-refractivity contribution in [3.05, 3.63) is 27.8 Å². The van der Waals surface area contributed by atoms with E-state index in [1.807, 2.05) is 0 Å². The number of nitro benzene ring substituents is 1. The Labute approximate surface area is 139 Å². The summed E-state index contributed by atoms with van der Waals surface area (Å²) >= 11 is 0. The van der Waals surface area contributed by atoms with E-state index >= 15 is 0 Å². The molecule has 0 fully saturated rings. The summed E-state index contributed by atoms with van der Waals surface area (Å²) in [4.78, 5) is 31.8. The Morgan fingerprint density at radius 2 is 1.83 bits per heavy atom. The van der Waals surface area contributed by atoms with Crippen molar-refractivity contribution in [2.45, 2.75) is 32.6 Å². The molecule has 8 nitrogen and oxygen atoms in total. The summed E-state index contributed by atoms with van der Waals surface area (Å²) < 4.78 is 15.5. The van der Waals surface area contributed by atoms with Gasteiger partial charge < -0.3 is 14.2 Å². The van der Waals surface area contributed by atoms with Crippen LogP contribution in [0.15, 0.2) is 12.1 Å². The van der Waals surface area contributed by atoms with Crippen molar-refractivity contribution in [2.75, 3.05) is 20.3 Å². The molecule has 1 aromatic rings. The van der Waals surface area contributed by atoms with Crippen LogP contribution in [-0.2, 0) is 9.53 Å². The lowest BCUT2D eigenvalue weighted by Crippen LogP contribution is -2.03. The normalized spacial score (nSPS) is 10.1. The Hall–Kier alpha value is -2.64. The zero-order chi connectivity index (χ0) is 17.9. The first-order valence-electron chi connectivity index (χ1n) is 7.57. The molecule has 0 N–H and O–H groups in total. The summed E-state index contributed by atoms with van der Waals surface area (Å²) in [6, 6.07) is 2.49. The number of benzene rings is 1. The van der Waals surface area contributed by atoms with Gasteiger partial charge in [0.2, 0.25) is 0 Å². The average Bonchev–Trinajstić information content (AvgIpc) is 2.56. The summed E-state index contributed by atoms with van der Waals surface area (Å²) in [7, 11) is 1.40. The molecule has 0 aliphatic carbocycles. The number of nitro groups is 1. The van der Waals surface area contributed by atoms with E-state index < -0.39 is 4.92 Å². The number of aldehydes is 1. The summed E-state index contributed by atoms with van der Waals surface area (Å²) in [5.41, 5.74) is -0.378. The van der Waals surface area contributed by atoms with E-state index in [0.29, 0.717) is 19.5 Å². The van der Waals surface area contributed by atoms with Gasteiger partial charge in [-0.25, -0.2) is 0 Å². The minimum absolute atomic E-state index is 0.0605. The molecule has 0 atom stereocenters. The highest BCUT2D eigenvalue weighted by Crippen LogP contribution is 2.34. The molecule has 1 rings (SSSR count). The van der Waals surface area contributed by atoms with Crippen LogP contribution in [0.4, 0.5) is 5.69 Å². The second-order valence-electron chi connectivity index (χ2n) is 5.04. The molecular weight excluding hydrogens is 318 g/mol. The molecule has 0 unspecified atom stereocenters. The number of methoxy groups -OCH3 is 1. The Morgan fingerprint density at radius 3 is 2.38 bits per heavy atom. The minimum atomic E-state index is -0.634. The molecule has 0 aliphatic heterocycles. The van der Waals surface area contributed by atoms with Crippen molar-refractivity contribution in [1.29, 1.82) is 0 Å². The number of rotatable bonds is 11. The van der Waals surface area contributed by atoms with Gasteiger partial charge >= 0.3 is 5.97 Å². The van der Waals surface area contributed by atoms with Gasteiger partial charge in [-0.15, -0.1) is 0 Å². The largest absolute Gasteiger partial charge is 0.493 e. The quantitative estimate of drug-likeness (QED) is 0.201. The van der Waals surface area contributed by atoms with Crippen LogP contribution in [0.5, 0.6) is 11.5 Å². The standard InChI is InChI=1S/C16H21NO7/c1-12(19)23-7-5-3-4-6-8-24-16-10-14(17(20)21)13(11-18)9-15(16)22-2/h9-11H,3-8H2,1-2H3. The van der Waals surface area contributed by atoms with Crippen LogP contribution >= 0.6 is 0 Å². The lowest BCUT2D eigenvalue weighted by Gasteiger charge is -2.11. The summed E-state index contributed by atoms with van der Waals surface area (Å²) in [6.45, 7) is 2.14. The molecule has 0 radical (unpaired) electrons. The Morgan fingerprint density at radius 1 is 1.17 bits per heavy atom. The van der Waals surface area contributed by atoms with Gasteiger partial charge in [0.15, 0.2) is 17.8 Å². The van der Waals surface area contributed by atoms with Crippen molar-refractivity contribution in [1.82, 2.24) is 0 Å². The first kappa shape index (κ1) is 19.4. The SMILES string of the molecule is COc1cc(C=O)c([N+](=O)[O-])cc1OCCCCCCOC(C)=O. The van der Waals surface area contributed by atoms with Gasteiger partial charge in [0.05, 0.1) is 36.9 Å². The van der Waals surface area contributed by atoms with Gasteiger partial charge in [-0.1, -0.05) is 0 Å². The van der Waals surface area contributed by atoms with E-state index in [1.165, 1.54) is 26.2 Å². The fraction of sp³-hybridized carbons (Fsp3) is 0.500. The molecular formula is C16H21NO7. The maximum Gasteiger partial charge on any atom is 0.302 e. The highest BCUT2D eigenvalue weighted by Gasteiger charge is 2.19. The van der Waals surface area contributed by atoms with Gasteiger partial charge in [0, 0.05) is 13.0 Å². The molecule has 132 valence electrons. The second-order valence-corrected chi connectivity index (χ2v) is 5.04. The third kappa shape index (κ3) is 6.23.